The molecule has 0 aromatic heterocycles. The molecule has 2 nitrogen and oxygen atoms in total. The minimum absolute atomic E-state index is 0.154. The van der Waals surface area contributed by atoms with Crippen molar-refractivity contribution in [3.63, 3.8) is 0 Å². The molecule has 2 fully saturated rings. The number of carbonyl (C=O) groups is 1. The third-order valence-corrected chi connectivity index (χ3v) is 3.23. The van der Waals surface area contributed by atoms with Crippen molar-refractivity contribution in [2.75, 3.05) is 6.61 Å². The van der Waals surface area contributed by atoms with Crippen LogP contribution >= 0.6 is 0 Å². The Labute approximate surface area is 79.0 Å². The summed E-state index contributed by atoms with van der Waals surface area (Å²) < 4.78 is 4.88. The highest BCUT2D eigenvalue weighted by atomic mass is 16.5. The van der Waals surface area contributed by atoms with Gasteiger partial charge in [-0.2, -0.15) is 0 Å². The maximum absolute atomic E-state index is 11.1. The summed E-state index contributed by atoms with van der Waals surface area (Å²) in [7, 11) is 0. The number of ether oxygens (including phenoxy) is 1. The predicted molar refractivity (Wildman–Crippen MR) is 50.2 cm³/mol. The van der Waals surface area contributed by atoms with Gasteiger partial charge < -0.3 is 4.74 Å². The van der Waals surface area contributed by atoms with Gasteiger partial charge in [0.2, 0.25) is 0 Å². The molecule has 2 atom stereocenters. The summed E-state index contributed by atoms with van der Waals surface area (Å²) >= 11 is 0. The standard InChI is InChI=1S/C11H16O2/c1-2-13-11(12)7-8-5-9-3-4-10(9)6-8/h7,9-10H,2-6H2,1H3/b8-7-/t9-,10+/m0/s1. The Morgan fingerprint density at radius 3 is 2.54 bits per heavy atom. The van der Waals surface area contributed by atoms with E-state index in [1.807, 2.05) is 6.92 Å². The van der Waals surface area contributed by atoms with Crippen LogP contribution in [-0.2, 0) is 9.53 Å². The maximum atomic E-state index is 11.1. The minimum Gasteiger partial charge on any atom is -0.463 e. The van der Waals surface area contributed by atoms with Crippen LogP contribution in [0.5, 0.6) is 0 Å². The fraction of sp³-hybridized carbons (Fsp3) is 0.727. The van der Waals surface area contributed by atoms with Gasteiger partial charge in [0.15, 0.2) is 0 Å². The van der Waals surface area contributed by atoms with E-state index in [9.17, 15) is 4.79 Å². The molecule has 0 spiro atoms. The lowest BCUT2D eigenvalue weighted by atomic mass is 9.77. The van der Waals surface area contributed by atoms with Crippen LogP contribution in [-0.4, -0.2) is 12.6 Å². The largest absolute Gasteiger partial charge is 0.463 e. The van der Waals surface area contributed by atoms with E-state index in [2.05, 4.69) is 0 Å². The second-order valence-electron chi connectivity index (χ2n) is 4.06. The smallest absolute Gasteiger partial charge is 0.330 e. The number of carbonyl (C=O) groups excluding carboxylic acids is 1. The maximum Gasteiger partial charge on any atom is 0.330 e. The number of allylic oxidation sites excluding steroid dienone is 1. The van der Waals surface area contributed by atoms with Crippen LogP contribution in [0.15, 0.2) is 11.6 Å². The van der Waals surface area contributed by atoms with Gasteiger partial charge in [-0.25, -0.2) is 4.79 Å². The Morgan fingerprint density at radius 2 is 2.08 bits per heavy atom. The van der Waals surface area contributed by atoms with Crippen LogP contribution in [0.3, 0.4) is 0 Å². The van der Waals surface area contributed by atoms with Gasteiger partial charge in [0.1, 0.15) is 0 Å². The van der Waals surface area contributed by atoms with Crippen molar-refractivity contribution in [1.82, 2.24) is 0 Å². The summed E-state index contributed by atoms with van der Waals surface area (Å²) in [6.07, 6.45) is 6.73. The van der Waals surface area contributed by atoms with Crippen molar-refractivity contribution in [1.29, 1.82) is 0 Å². The number of fused-ring (bicyclic) bond motifs is 1. The molecule has 0 heterocycles. The van der Waals surface area contributed by atoms with Crippen molar-refractivity contribution in [2.45, 2.75) is 32.6 Å². The van der Waals surface area contributed by atoms with Gasteiger partial charge >= 0.3 is 5.97 Å². The second-order valence-corrected chi connectivity index (χ2v) is 4.06. The SMILES string of the molecule is CCOC(=O)/C=C1\C[C@H]2CC[C@H]2C1. The summed E-state index contributed by atoms with van der Waals surface area (Å²) in [6.45, 7) is 2.32. The lowest BCUT2D eigenvalue weighted by Gasteiger charge is -2.28. The molecule has 2 rings (SSSR count). The zero-order valence-corrected chi connectivity index (χ0v) is 8.08. The Hall–Kier alpha value is -0.790. The summed E-state index contributed by atoms with van der Waals surface area (Å²) in [5, 5.41) is 0. The topological polar surface area (TPSA) is 26.3 Å². The highest BCUT2D eigenvalue weighted by Crippen LogP contribution is 2.49. The van der Waals surface area contributed by atoms with Crippen molar-refractivity contribution < 1.29 is 9.53 Å². The molecule has 0 aromatic rings. The minimum atomic E-state index is -0.154. The van der Waals surface area contributed by atoms with Crippen LogP contribution in [0.25, 0.3) is 0 Å². The molecule has 2 saturated carbocycles. The molecule has 2 aliphatic carbocycles. The fourth-order valence-electron chi connectivity index (χ4n) is 2.40. The Kier molecular flexibility index (Phi) is 2.38. The predicted octanol–water partition coefficient (Wildman–Crippen LogP) is 2.30. The van der Waals surface area contributed by atoms with Crippen LogP contribution in [0, 0.1) is 11.8 Å². The first-order valence-corrected chi connectivity index (χ1v) is 5.15. The Balaban J connectivity index is 1.90. The molecule has 13 heavy (non-hydrogen) atoms. The first kappa shape index (κ1) is 8.79. The van der Waals surface area contributed by atoms with E-state index in [1.165, 1.54) is 18.4 Å². The number of rotatable bonds is 2. The molecule has 2 aliphatic rings. The Bertz CT molecular complexity index is 228. The van der Waals surface area contributed by atoms with E-state index >= 15 is 0 Å². The number of hydrogen-bond acceptors (Lipinski definition) is 2. The molecule has 0 unspecified atom stereocenters. The third kappa shape index (κ3) is 1.77. The first-order chi connectivity index (χ1) is 6.29. The zero-order chi connectivity index (χ0) is 9.26. The van der Waals surface area contributed by atoms with E-state index in [0.717, 1.165) is 24.7 Å². The van der Waals surface area contributed by atoms with Crippen molar-refractivity contribution >= 4 is 5.97 Å². The lowest BCUT2D eigenvalue weighted by Crippen LogP contribution is -2.18. The molecule has 0 amide bonds. The fourth-order valence-corrected chi connectivity index (χ4v) is 2.40. The molecule has 72 valence electrons. The summed E-state index contributed by atoms with van der Waals surface area (Å²) in [5.74, 6) is 1.63. The highest BCUT2D eigenvalue weighted by molar-refractivity contribution is 5.82. The van der Waals surface area contributed by atoms with E-state index < -0.39 is 0 Å². The zero-order valence-electron chi connectivity index (χ0n) is 8.08. The van der Waals surface area contributed by atoms with Crippen LogP contribution < -0.4 is 0 Å². The summed E-state index contributed by atoms with van der Waals surface area (Å²) in [5.41, 5.74) is 1.31. The van der Waals surface area contributed by atoms with Gasteiger partial charge in [-0.1, -0.05) is 5.57 Å². The molecule has 0 N–H and O–H groups in total. The van der Waals surface area contributed by atoms with E-state index in [-0.39, 0.29) is 5.97 Å². The Morgan fingerprint density at radius 1 is 1.46 bits per heavy atom. The average Bonchev–Trinajstić information content (AvgIpc) is 2.31. The van der Waals surface area contributed by atoms with Crippen LogP contribution in [0.2, 0.25) is 0 Å². The van der Waals surface area contributed by atoms with Gasteiger partial charge in [-0.05, 0) is 44.4 Å². The van der Waals surface area contributed by atoms with Crippen LogP contribution in [0.4, 0.5) is 0 Å². The summed E-state index contributed by atoms with van der Waals surface area (Å²) in [4.78, 5) is 11.1. The summed E-state index contributed by atoms with van der Waals surface area (Å²) in [6, 6.07) is 0. The van der Waals surface area contributed by atoms with Crippen molar-refractivity contribution in [2.24, 2.45) is 11.8 Å². The van der Waals surface area contributed by atoms with Gasteiger partial charge in [-0.3, -0.25) is 0 Å². The van der Waals surface area contributed by atoms with E-state index in [4.69, 9.17) is 4.74 Å². The van der Waals surface area contributed by atoms with E-state index in [0.29, 0.717) is 6.61 Å². The van der Waals surface area contributed by atoms with Crippen LogP contribution in [0.1, 0.15) is 32.6 Å². The van der Waals surface area contributed by atoms with Crippen molar-refractivity contribution in [3.05, 3.63) is 11.6 Å². The monoisotopic (exact) mass is 180 g/mol. The lowest BCUT2D eigenvalue weighted by molar-refractivity contribution is -0.137. The number of hydrogen-bond donors (Lipinski definition) is 0. The van der Waals surface area contributed by atoms with E-state index in [1.54, 1.807) is 6.08 Å². The molecular weight excluding hydrogens is 164 g/mol. The molecule has 0 saturated heterocycles. The quantitative estimate of drug-likeness (QED) is 0.481. The van der Waals surface area contributed by atoms with Gasteiger partial charge in [0, 0.05) is 6.08 Å². The molecule has 0 aromatic carbocycles. The number of esters is 1. The normalized spacial score (nSPS) is 34.1. The molecule has 0 aliphatic heterocycles. The molecule has 0 bridgehead atoms. The highest BCUT2D eigenvalue weighted by Gasteiger charge is 2.37. The van der Waals surface area contributed by atoms with Gasteiger partial charge in [0.05, 0.1) is 6.61 Å². The van der Waals surface area contributed by atoms with Gasteiger partial charge in [0.25, 0.3) is 0 Å². The molecule has 0 radical (unpaired) electrons. The van der Waals surface area contributed by atoms with Gasteiger partial charge in [-0.15, -0.1) is 0 Å². The second kappa shape index (κ2) is 3.52. The first-order valence-electron chi connectivity index (χ1n) is 5.15. The van der Waals surface area contributed by atoms with Crippen molar-refractivity contribution in [3.8, 4) is 0 Å². The average molecular weight is 180 g/mol. The third-order valence-electron chi connectivity index (χ3n) is 3.23. The molecular formula is C11H16O2. The molecule has 2 heteroatoms.